The molecule has 0 N–H and O–H groups in total. The van der Waals surface area contributed by atoms with Gasteiger partial charge in [0, 0.05) is 18.7 Å². The maximum atomic E-state index is 4.75. The number of hydrogen-bond donors (Lipinski definition) is 0. The number of rotatable bonds is 1. The van der Waals surface area contributed by atoms with Gasteiger partial charge in [0.25, 0.3) is 0 Å². The van der Waals surface area contributed by atoms with Gasteiger partial charge in [0.2, 0.25) is 5.69 Å². The second kappa shape index (κ2) is 4.29. The summed E-state index contributed by atoms with van der Waals surface area (Å²) in [7, 11) is 2.10. The number of pyridine rings is 1. The molecule has 3 nitrogen and oxygen atoms in total. The molecule has 0 radical (unpaired) electrons. The minimum atomic E-state index is 0.921. The van der Waals surface area contributed by atoms with Crippen LogP contribution in [0, 0.1) is 13.8 Å². The molecule has 1 aliphatic rings. The molecule has 3 aromatic rings. The van der Waals surface area contributed by atoms with Crippen molar-refractivity contribution in [2.75, 3.05) is 0 Å². The first-order valence-corrected chi connectivity index (χ1v) is 7.29. The van der Waals surface area contributed by atoms with Gasteiger partial charge in [-0.3, -0.25) is 4.57 Å². The van der Waals surface area contributed by atoms with E-state index in [1.54, 1.807) is 0 Å². The molecule has 0 aliphatic carbocycles. The zero-order chi connectivity index (χ0) is 14.6. The molecule has 3 heterocycles. The zero-order valence-corrected chi connectivity index (χ0v) is 12.6. The van der Waals surface area contributed by atoms with Crippen molar-refractivity contribution < 1.29 is 4.57 Å². The number of aromatic nitrogens is 3. The molecule has 3 heteroatoms. The fourth-order valence-electron chi connectivity index (χ4n) is 3.24. The number of aryl methyl sites for hydroxylation is 3. The molecule has 21 heavy (non-hydrogen) atoms. The van der Waals surface area contributed by atoms with Crippen LogP contribution in [0.15, 0.2) is 36.5 Å². The first kappa shape index (κ1) is 12.3. The van der Waals surface area contributed by atoms with E-state index < -0.39 is 0 Å². The molecular formula is C18H18N3+. The first-order chi connectivity index (χ1) is 10.1. The number of nitrogens with zero attached hydrogens (tertiary/aromatic N) is 3. The number of hydrogen-bond acceptors (Lipinski definition) is 1. The average molecular weight is 276 g/mol. The second-order valence-electron chi connectivity index (χ2n) is 5.81. The van der Waals surface area contributed by atoms with E-state index in [1.165, 1.54) is 27.9 Å². The van der Waals surface area contributed by atoms with Gasteiger partial charge >= 0.3 is 0 Å². The third-order valence-electron chi connectivity index (χ3n) is 4.24. The molecule has 0 saturated heterocycles. The molecule has 1 aliphatic heterocycles. The first-order valence-electron chi connectivity index (χ1n) is 7.29. The highest BCUT2D eigenvalue weighted by Crippen LogP contribution is 2.30. The van der Waals surface area contributed by atoms with Gasteiger partial charge in [0.1, 0.15) is 23.9 Å². The predicted molar refractivity (Wildman–Crippen MR) is 84.9 cm³/mol. The predicted octanol–water partition coefficient (Wildman–Crippen LogP) is 3.17. The van der Waals surface area contributed by atoms with E-state index in [9.17, 15) is 0 Å². The van der Waals surface area contributed by atoms with Crippen molar-refractivity contribution in [3.63, 3.8) is 0 Å². The molecule has 0 fully saturated rings. The summed E-state index contributed by atoms with van der Waals surface area (Å²) in [5.74, 6) is 1.13. The Labute approximate surface area is 124 Å². The molecule has 104 valence electrons. The van der Waals surface area contributed by atoms with E-state index in [2.05, 4.69) is 72.8 Å². The summed E-state index contributed by atoms with van der Waals surface area (Å²) in [5.41, 5.74) is 7.38. The van der Waals surface area contributed by atoms with Gasteiger partial charge < -0.3 is 0 Å². The summed E-state index contributed by atoms with van der Waals surface area (Å²) in [6.45, 7) is 4.31. The summed E-state index contributed by atoms with van der Waals surface area (Å²) in [6, 6.07) is 8.74. The third-order valence-corrected chi connectivity index (χ3v) is 4.24. The molecule has 4 rings (SSSR count). The molecule has 0 unspecified atom stereocenters. The van der Waals surface area contributed by atoms with Crippen LogP contribution in [0.1, 0.15) is 17.0 Å². The van der Waals surface area contributed by atoms with Crippen LogP contribution in [0.3, 0.4) is 0 Å². The van der Waals surface area contributed by atoms with Crippen LogP contribution in [0.5, 0.6) is 0 Å². The molecular weight excluding hydrogens is 258 g/mol. The minimum absolute atomic E-state index is 0.921. The van der Waals surface area contributed by atoms with Crippen LogP contribution >= 0.6 is 0 Å². The lowest BCUT2D eigenvalue weighted by Crippen LogP contribution is -2.31. The van der Waals surface area contributed by atoms with E-state index in [1.807, 2.05) is 0 Å². The number of fused-ring (bicyclic) bond motifs is 3. The fourth-order valence-corrected chi connectivity index (χ4v) is 3.24. The molecule has 0 bridgehead atoms. The number of allylic oxidation sites excluding steroid dienone is 1. The van der Waals surface area contributed by atoms with Gasteiger partial charge in [-0.1, -0.05) is 23.8 Å². The van der Waals surface area contributed by atoms with Crippen molar-refractivity contribution in [1.82, 2.24) is 9.55 Å². The van der Waals surface area contributed by atoms with Crippen molar-refractivity contribution in [3.05, 3.63) is 53.5 Å². The second-order valence-corrected chi connectivity index (χ2v) is 5.81. The van der Waals surface area contributed by atoms with Crippen LogP contribution in [-0.2, 0) is 13.5 Å². The maximum absolute atomic E-state index is 4.75. The van der Waals surface area contributed by atoms with E-state index >= 15 is 0 Å². The Morgan fingerprint density at radius 2 is 2.05 bits per heavy atom. The normalized spacial score (nSPS) is 13.1. The Balaban J connectivity index is 2.12. The Hall–Kier alpha value is -2.42. The molecule has 0 spiro atoms. The Morgan fingerprint density at radius 3 is 2.86 bits per heavy atom. The quantitative estimate of drug-likeness (QED) is 0.626. The smallest absolute Gasteiger partial charge is 0.239 e. The fraction of sp³-hybridized carbons (Fsp3) is 0.222. The number of benzene rings is 1. The molecule has 2 aromatic heterocycles. The van der Waals surface area contributed by atoms with Crippen LogP contribution in [-0.4, -0.2) is 9.55 Å². The summed E-state index contributed by atoms with van der Waals surface area (Å²) >= 11 is 0. The van der Waals surface area contributed by atoms with Crippen LogP contribution < -0.4 is 4.57 Å². The van der Waals surface area contributed by atoms with E-state index in [4.69, 9.17) is 4.98 Å². The van der Waals surface area contributed by atoms with Crippen LogP contribution in [0.25, 0.3) is 28.5 Å². The lowest BCUT2D eigenvalue weighted by atomic mass is 10.0. The maximum Gasteiger partial charge on any atom is 0.239 e. The lowest BCUT2D eigenvalue weighted by Gasteiger charge is -2.07. The molecule has 0 atom stereocenters. The van der Waals surface area contributed by atoms with Gasteiger partial charge in [-0.25, -0.2) is 4.98 Å². The Bertz CT molecular complexity index is 900. The number of imidazole rings is 1. The molecule has 0 amide bonds. The van der Waals surface area contributed by atoms with Crippen molar-refractivity contribution in [3.8, 4) is 11.3 Å². The van der Waals surface area contributed by atoms with E-state index in [0.29, 0.717) is 0 Å². The average Bonchev–Trinajstić information content (AvgIpc) is 3.01. The minimum Gasteiger partial charge on any atom is -0.298 e. The van der Waals surface area contributed by atoms with Gasteiger partial charge in [-0.2, -0.15) is 4.57 Å². The van der Waals surface area contributed by atoms with Gasteiger partial charge in [-0.05, 0) is 25.5 Å². The van der Waals surface area contributed by atoms with Crippen LogP contribution in [0.4, 0.5) is 0 Å². The lowest BCUT2D eigenvalue weighted by molar-refractivity contribution is -0.659. The van der Waals surface area contributed by atoms with Crippen molar-refractivity contribution in [2.24, 2.45) is 7.05 Å². The highest BCUT2D eigenvalue weighted by atomic mass is 15.1. The van der Waals surface area contributed by atoms with Crippen molar-refractivity contribution >= 4 is 17.2 Å². The summed E-state index contributed by atoms with van der Waals surface area (Å²) < 4.78 is 4.42. The Kier molecular flexibility index (Phi) is 2.52. The van der Waals surface area contributed by atoms with Gasteiger partial charge in [0.05, 0.1) is 5.56 Å². The van der Waals surface area contributed by atoms with E-state index in [0.717, 1.165) is 17.8 Å². The molecule has 1 aromatic carbocycles. The highest BCUT2D eigenvalue weighted by molar-refractivity contribution is 5.91. The summed E-state index contributed by atoms with van der Waals surface area (Å²) in [4.78, 5) is 4.75. The largest absolute Gasteiger partial charge is 0.298 e. The standard InChI is InChI=1S/C18H18N3/c1-12-6-7-14(13(2)11-12)17-18-15(8-10-20(17)3)19-16-5-4-9-21(16)18/h4,6-11H,5H2,1-3H3/q+1. The Morgan fingerprint density at radius 1 is 1.19 bits per heavy atom. The topological polar surface area (TPSA) is 21.7 Å². The zero-order valence-electron chi connectivity index (χ0n) is 12.6. The van der Waals surface area contributed by atoms with E-state index in [-0.39, 0.29) is 0 Å². The SMILES string of the molecule is Cc1ccc(-c2c3c(cc[n+]2C)nc2n3C=CC2)c(C)c1. The van der Waals surface area contributed by atoms with Crippen molar-refractivity contribution in [1.29, 1.82) is 0 Å². The van der Waals surface area contributed by atoms with Gasteiger partial charge in [-0.15, -0.1) is 0 Å². The van der Waals surface area contributed by atoms with Crippen molar-refractivity contribution in [2.45, 2.75) is 20.3 Å². The van der Waals surface area contributed by atoms with Gasteiger partial charge in [0.15, 0.2) is 6.20 Å². The summed E-state index contributed by atoms with van der Waals surface area (Å²) in [5, 5.41) is 0. The van der Waals surface area contributed by atoms with Crippen LogP contribution in [0.2, 0.25) is 0 Å². The highest BCUT2D eigenvalue weighted by Gasteiger charge is 2.23. The monoisotopic (exact) mass is 276 g/mol. The third kappa shape index (κ3) is 1.74. The summed E-state index contributed by atoms with van der Waals surface area (Å²) in [6.07, 6.45) is 7.33. The molecule has 0 saturated carbocycles.